The number of nitrogens with two attached hydrogens (primary N) is 1. The number of rotatable bonds is 7. The number of phenols is 1. The maximum atomic E-state index is 13.2. The first-order chi connectivity index (χ1) is 24.3. The van der Waals surface area contributed by atoms with E-state index in [-0.39, 0.29) is 17.2 Å². The second-order valence-electron chi connectivity index (χ2n) is 12.6. The Morgan fingerprint density at radius 3 is 2.52 bits per heavy atom. The van der Waals surface area contributed by atoms with E-state index in [0.29, 0.717) is 30.8 Å². The third-order valence-corrected chi connectivity index (χ3v) is 9.28. The average molecular weight is 670 g/mol. The summed E-state index contributed by atoms with van der Waals surface area (Å²) in [4.78, 5) is 43.0. The number of carbonyl (C=O) groups excluding carboxylic acids is 2. The summed E-state index contributed by atoms with van der Waals surface area (Å²) in [6.45, 7) is 9.77. The van der Waals surface area contributed by atoms with E-state index in [2.05, 4.69) is 51.7 Å². The van der Waals surface area contributed by atoms with Crippen LogP contribution in [0.2, 0.25) is 0 Å². The Morgan fingerprint density at radius 1 is 0.980 bits per heavy atom. The van der Waals surface area contributed by atoms with Gasteiger partial charge in [0.05, 0.1) is 22.4 Å². The monoisotopic (exact) mass is 669 g/mol. The molecule has 10 nitrogen and oxygen atoms in total. The summed E-state index contributed by atoms with van der Waals surface area (Å²) in [5, 5.41) is 10.1. The van der Waals surface area contributed by atoms with E-state index in [1.807, 2.05) is 61.2 Å². The van der Waals surface area contributed by atoms with Gasteiger partial charge in [-0.05, 0) is 67.8 Å². The zero-order chi connectivity index (χ0) is 35.3. The van der Waals surface area contributed by atoms with Crippen molar-refractivity contribution in [2.45, 2.75) is 39.2 Å². The summed E-state index contributed by atoms with van der Waals surface area (Å²) in [6, 6.07) is 22.4. The van der Waals surface area contributed by atoms with Gasteiger partial charge in [0.1, 0.15) is 22.9 Å². The fourth-order valence-corrected chi connectivity index (χ4v) is 6.59. The number of phenolic OH excluding ortho intramolecular Hbond substituents is 1. The normalized spacial score (nSPS) is 17.8. The average Bonchev–Trinajstić information content (AvgIpc) is 3.39. The molecule has 1 aliphatic carbocycles. The first kappa shape index (κ1) is 34.3. The van der Waals surface area contributed by atoms with Gasteiger partial charge >= 0.3 is 0 Å². The van der Waals surface area contributed by atoms with Gasteiger partial charge in [0.2, 0.25) is 0 Å². The number of aromatic nitrogens is 4. The first-order valence-electron chi connectivity index (χ1n) is 17.2. The standard InChI is InChI=1S/C38H37N7O3.C2H6/c1-38(45-35(30-9-5-18-40-34(30)39)42-32-13-12-31(41-36(32)45)27-7-3-2-4-8-27)16-14-26(15-17-38)24-43-19-6-20-44(22-21-43)37(48)28-10-11-29(25-46)33(47)23-28;1-2/h2-5,7-16,18,23,25,47H,6,17,19-22,24H2,1H3,(H2,39,40);1-2H3. The van der Waals surface area contributed by atoms with Crippen molar-refractivity contribution >= 4 is 29.2 Å². The number of amides is 1. The molecule has 2 aliphatic rings. The molecule has 0 radical (unpaired) electrons. The highest BCUT2D eigenvalue weighted by atomic mass is 16.3. The fraction of sp³-hybridized carbons (Fsp3) is 0.275. The number of imidazole rings is 1. The van der Waals surface area contributed by atoms with E-state index in [4.69, 9.17) is 15.7 Å². The number of fused-ring (bicyclic) bond motifs is 1. The Kier molecular flexibility index (Phi) is 10.2. The van der Waals surface area contributed by atoms with Gasteiger partial charge in [-0.2, -0.15) is 0 Å². The number of aromatic hydroxyl groups is 1. The summed E-state index contributed by atoms with van der Waals surface area (Å²) < 4.78 is 2.20. The number of benzene rings is 2. The zero-order valence-electron chi connectivity index (χ0n) is 28.8. The molecule has 1 unspecified atom stereocenters. The predicted molar refractivity (Wildman–Crippen MR) is 198 cm³/mol. The van der Waals surface area contributed by atoms with Gasteiger partial charge in [-0.1, -0.05) is 62.4 Å². The van der Waals surface area contributed by atoms with Gasteiger partial charge < -0.3 is 15.7 Å². The summed E-state index contributed by atoms with van der Waals surface area (Å²) in [7, 11) is 0. The molecule has 5 aromatic rings. The van der Waals surface area contributed by atoms with Crippen molar-refractivity contribution in [3.05, 3.63) is 114 Å². The SMILES string of the molecule is CC.CC1(n2c(-c3cccnc3N)nc3ccc(-c4ccccc4)nc32)C=CC(CN2CCCN(C(=O)c3ccc(C=O)c(O)c3)CC2)=CC1. The lowest BCUT2D eigenvalue weighted by Crippen LogP contribution is -2.36. The minimum atomic E-state index is -0.467. The Balaban J connectivity index is 0.00000212. The number of hydrogen-bond acceptors (Lipinski definition) is 8. The van der Waals surface area contributed by atoms with Crippen LogP contribution < -0.4 is 5.73 Å². The number of pyridine rings is 2. The van der Waals surface area contributed by atoms with Crippen molar-refractivity contribution in [2.24, 2.45) is 0 Å². The van der Waals surface area contributed by atoms with Crippen LogP contribution in [0.25, 0.3) is 33.8 Å². The molecule has 1 atom stereocenters. The van der Waals surface area contributed by atoms with Crippen LogP contribution in [0.4, 0.5) is 5.82 Å². The summed E-state index contributed by atoms with van der Waals surface area (Å²) in [5.41, 5.74) is 11.9. The summed E-state index contributed by atoms with van der Waals surface area (Å²) in [5.74, 6) is 0.824. The maximum absolute atomic E-state index is 13.2. The van der Waals surface area contributed by atoms with Crippen molar-refractivity contribution in [3.63, 3.8) is 0 Å². The van der Waals surface area contributed by atoms with Crippen molar-refractivity contribution in [1.29, 1.82) is 0 Å². The number of allylic oxidation sites excluding steroid dienone is 2. The van der Waals surface area contributed by atoms with E-state index < -0.39 is 5.54 Å². The number of nitrogens with zero attached hydrogens (tertiary/aromatic N) is 6. The Bertz CT molecular complexity index is 2070. The van der Waals surface area contributed by atoms with E-state index in [1.54, 1.807) is 12.3 Å². The molecular formula is C40H43N7O3. The molecule has 2 aromatic carbocycles. The Morgan fingerprint density at radius 2 is 1.80 bits per heavy atom. The van der Waals surface area contributed by atoms with Gasteiger partial charge in [0.15, 0.2) is 11.9 Å². The van der Waals surface area contributed by atoms with E-state index in [0.717, 1.165) is 66.3 Å². The third-order valence-electron chi connectivity index (χ3n) is 9.28. The Labute approximate surface area is 292 Å². The molecule has 1 amide bonds. The molecule has 3 N–H and O–H groups in total. The van der Waals surface area contributed by atoms with Crippen molar-refractivity contribution in [3.8, 4) is 28.4 Å². The molecule has 0 bridgehead atoms. The lowest BCUT2D eigenvalue weighted by atomic mass is 9.89. The second kappa shape index (κ2) is 14.9. The van der Waals surface area contributed by atoms with Crippen LogP contribution in [-0.4, -0.2) is 79.3 Å². The first-order valence-corrected chi connectivity index (χ1v) is 17.2. The van der Waals surface area contributed by atoms with Crippen LogP contribution in [0, 0.1) is 0 Å². The molecule has 1 aliphatic heterocycles. The summed E-state index contributed by atoms with van der Waals surface area (Å²) in [6.07, 6.45) is 10.5. The minimum absolute atomic E-state index is 0.140. The van der Waals surface area contributed by atoms with Gasteiger partial charge in [-0.3, -0.25) is 19.1 Å². The molecule has 50 heavy (non-hydrogen) atoms. The molecule has 0 saturated carbocycles. The van der Waals surface area contributed by atoms with Crippen LogP contribution in [0.1, 0.15) is 54.3 Å². The molecule has 4 heterocycles. The third kappa shape index (κ3) is 6.93. The highest BCUT2D eigenvalue weighted by Gasteiger charge is 2.32. The summed E-state index contributed by atoms with van der Waals surface area (Å²) >= 11 is 0. The highest BCUT2D eigenvalue weighted by Crippen LogP contribution is 2.38. The highest BCUT2D eigenvalue weighted by molar-refractivity contribution is 5.96. The maximum Gasteiger partial charge on any atom is 0.254 e. The van der Waals surface area contributed by atoms with E-state index >= 15 is 0 Å². The largest absolute Gasteiger partial charge is 0.507 e. The molecule has 1 fully saturated rings. The molecule has 0 spiro atoms. The van der Waals surface area contributed by atoms with Crippen LogP contribution >= 0.6 is 0 Å². The van der Waals surface area contributed by atoms with Crippen molar-refractivity contribution in [1.82, 2.24) is 29.3 Å². The predicted octanol–water partition coefficient (Wildman–Crippen LogP) is 6.74. The fourth-order valence-electron chi connectivity index (χ4n) is 6.59. The van der Waals surface area contributed by atoms with E-state index in [1.165, 1.54) is 17.7 Å². The number of aldehydes is 1. The number of hydrogen-bond donors (Lipinski definition) is 2. The number of nitrogen functional groups attached to an aromatic ring is 1. The topological polar surface area (TPSA) is 130 Å². The molecular weight excluding hydrogens is 626 g/mol. The second-order valence-corrected chi connectivity index (χ2v) is 12.6. The van der Waals surface area contributed by atoms with Crippen molar-refractivity contribution < 1.29 is 14.7 Å². The zero-order valence-corrected chi connectivity index (χ0v) is 28.8. The van der Waals surface area contributed by atoms with Crippen molar-refractivity contribution in [2.75, 3.05) is 38.5 Å². The number of carbonyl (C=O) groups is 2. The molecule has 7 rings (SSSR count). The lowest BCUT2D eigenvalue weighted by Gasteiger charge is -2.33. The smallest absolute Gasteiger partial charge is 0.254 e. The van der Waals surface area contributed by atoms with Gasteiger partial charge in [-0.25, -0.2) is 15.0 Å². The molecule has 1 saturated heterocycles. The number of anilines is 1. The quantitative estimate of drug-likeness (QED) is 0.182. The van der Waals surface area contributed by atoms with Crippen LogP contribution in [0.15, 0.2) is 103 Å². The Hall–Kier alpha value is -5.61. The van der Waals surface area contributed by atoms with Gasteiger partial charge in [0, 0.05) is 50.0 Å². The van der Waals surface area contributed by atoms with Crippen LogP contribution in [-0.2, 0) is 5.54 Å². The van der Waals surface area contributed by atoms with Crippen LogP contribution in [0.3, 0.4) is 0 Å². The lowest BCUT2D eigenvalue weighted by molar-refractivity contribution is 0.0761. The van der Waals surface area contributed by atoms with E-state index in [9.17, 15) is 14.7 Å². The minimum Gasteiger partial charge on any atom is -0.507 e. The molecule has 10 heteroatoms. The molecule has 256 valence electrons. The molecule has 3 aromatic heterocycles. The van der Waals surface area contributed by atoms with Gasteiger partial charge in [-0.15, -0.1) is 0 Å². The van der Waals surface area contributed by atoms with Crippen LogP contribution in [0.5, 0.6) is 5.75 Å². The van der Waals surface area contributed by atoms with Gasteiger partial charge in [0.25, 0.3) is 5.91 Å².